The van der Waals surface area contributed by atoms with Crippen LogP contribution >= 0.6 is 11.8 Å². The minimum Gasteiger partial charge on any atom is -0.462 e. The molecule has 0 aliphatic carbocycles. The SMILES string of the molecule is CCOC(=O)c1ccc(NC(=O)C(C)Sc2ccc(NC(=O)Cc3ccccc3)cc2)cc1. The highest BCUT2D eigenvalue weighted by Gasteiger charge is 2.15. The van der Waals surface area contributed by atoms with E-state index in [2.05, 4.69) is 10.6 Å². The molecule has 0 radical (unpaired) electrons. The second-order valence-electron chi connectivity index (χ2n) is 7.28. The summed E-state index contributed by atoms with van der Waals surface area (Å²) in [7, 11) is 0. The summed E-state index contributed by atoms with van der Waals surface area (Å²) in [4.78, 5) is 37.4. The Hall–Kier alpha value is -3.58. The molecule has 7 heteroatoms. The van der Waals surface area contributed by atoms with Gasteiger partial charge in [-0.15, -0.1) is 11.8 Å². The van der Waals surface area contributed by atoms with Gasteiger partial charge < -0.3 is 15.4 Å². The average molecular weight is 463 g/mol. The van der Waals surface area contributed by atoms with E-state index in [1.165, 1.54) is 11.8 Å². The van der Waals surface area contributed by atoms with Crippen molar-refractivity contribution < 1.29 is 19.1 Å². The normalized spacial score (nSPS) is 11.3. The number of ether oxygens (including phenoxy) is 1. The second-order valence-corrected chi connectivity index (χ2v) is 8.70. The molecular weight excluding hydrogens is 436 g/mol. The molecule has 3 rings (SSSR count). The van der Waals surface area contributed by atoms with E-state index in [1.54, 1.807) is 31.2 Å². The van der Waals surface area contributed by atoms with E-state index in [1.807, 2.05) is 61.5 Å². The number of esters is 1. The highest BCUT2D eigenvalue weighted by molar-refractivity contribution is 8.00. The van der Waals surface area contributed by atoms with Crippen molar-refractivity contribution in [3.05, 3.63) is 90.0 Å². The molecule has 1 atom stereocenters. The Labute approximate surface area is 197 Å². The standard InChI is InChI=1S/C26H26N2O4S/c1-3-32-26(31)20-9-11-22(12-10-20)28-25(30)18(2)33-23-15-13-21(14-16-23)27-24(29)17-19-7-5-4-6-8-19/h4-16,18H,3,17H2,1-2H3,(H,27,29)(H,28,30). The summed E-state index contributed by atoms with van der Waals surface area (Å²) in [5.41, 5.74) is 2.71. The number of rotatable bonds is 9. The third-order valence-corrected chi connectivity index (χ3v) is 5.80. The number of carbonyl (C=O) groups is 3. The van der Waals surface area contributed by atoms with Crippen molar-refractivity contribution in [3.8, 4) is 0 Å². The van der Waals surface area contributed by atoms with Crippen LogP contribution in [0.15, 0.2) is 83.8 Å². The molecular formula is C26H26N2O4S. The van der Waals surface area contributed by atoms with Gasteiger partial charge in [0.15, 0.2) is 0 Å². The lowest BCUT2D eigenvalue weighted by Crippen LogP contribution is -2.22. The predicted molar refractivity (Wildman–Crippen MR) is 132 cm³/mol. The van der Waals surface area contributed by atoms with Crippen molar-refractivity contribution in [1.82, 2.24) is 0 Å². The van der Waals surface area contributed by atoms with E-state index < -0.39 is 0 Å². The summed E-state index contributed by atoms with van der Waals surface area (Å²) in [6.07, 6.45) is 0.315. The first-order valence-electron chi connectivity index (χ1n) is 10.6. The topological polar surface area (TPSA) is 84.5 Å². The first-order valence-corrected chi connectivity index (χ1v) is 11.5. The molecule has 2 amide bonds. The molecule has 33 heavy (non-hydrogen) atoms. The number of amides is 2. The van der Waals surface area contributed by atoms with Crippen molar-refractivity contribution in [2.24, 2.45) is 0 Å². The summed E-state index contributed by atoms with van der Waals surface area (Å²) in [5, 5.41) is 5.40. The van der Waals surface area contributed by atoms with E-state index in [0.717, 1.165) is 10.5 Å². The highest BCUT2D eigenvalue weighted by Crippen LogP contribution is 2.26. The lowest BCUT2D eigenvalue weighted by Gasteiger charge is -2.13. The van der Waals surface area contributed by atoms with Gasteiger partial charge in [0.05, 0.1) is 23.8 Å². The van der Waals surface area contributed by atoms with Crippen LogP contribution in [0.4, 0.5) is 11.4 Å². The van der Waals surface area contributed by atoms with Gasteiger partial charge in [-0.1, -0.05) is 30.3 Å². The highest BCUT2D eigenvalue weighted by atomic mass is 32.2. The number of nitrogens with one attached hydrogen (secondary N) is 2. The lowest BCUT2D eigenvalue weighted by atomic mass is 10.1. The van der Waals surface area contributed by atoms with Crippen molar-refractivity contribution in [1.29, 1.82) is 0 Å². The number of hydrogen-bond donors (Lipinski definition) is 2. The van der Waals surface area contributed by atoms with Crippen LogP contribution < -0.4 is 10.6 Å². The number of anilines is 2. The summed E-state index contributed by atoms with van der Waals surface area (Å²) in [5.74, 6) is -0.619. The Morgan fingerprint density at radius 2 is 1.45 bits per heavy atom. The minimum atomic E-state index is -0.390. The van der Waals surface area contributed by atoms with E-state index in [-0.39, 0.29) is 23.0 Å². The van der Waals surface area contributed by atoms with Crippen LogP contribution in [-0.2, 0) is 20.7 Å². The fourth-order valence-corrected chi connectivity index (χ4v) is 3.88. The molecule has 0 aliphatic heterocycles. The first-order chi connectivity index (χ1) is 15.9. The molecule has 1 unspecified atom stereocenters. The summed E-state index contributed by atoms with van der Waals surface area (Å²) in [6.45, 7) is 3.89. The molecule has 0 heterocycles. The monoisotopic (exact) mass is 462 g/mol. The molecule has 0 fully saturated rings. The fourth-order valence-electron chi connectivity index (χ4n) is 3.01. The Kier molecular flexibility index (Phi) is 8.66. The lowest BCUT2D eigenvalue weighted by molar-refractivity contribution is -0.116. The van der Waals surface area contributed by atoms with Gasteiger partial charge in [-0.05, 0) is 67.9 Å². The number of thioether (sulfide) groups is 1. The van der Waals surface area contributed by atoms with Crippen molar-refractivity contribution >= 4 is 40.9 Å². The van der Waals surface area contributed by atoms with Crippen molar-refractivity contribution in [2.75, 3.05) is 17.2 Å². The minimum absolute atomic E-state index is 0.0803. The molecule has 170 valence electrons. The Bertz CT molecular complexity index is 1080. The van der Waals surface area contributed by atoms with Gasteiger partial charge in [0, 0.05) is 16.3 Å². The van der Waals surface area contributed by atoms with E-state index in [0.29, 0.717) is 30.0 Å². The van der Waals surface area contributed by atoms with Gasteiger partial charge in [0.25, 0.3) is 0 Å². The molecule has 0 saturated heterocycles. The quantitative estimate of drug-likeness (QED) is 0.339. The van der Waals surface area contributed by atoms with Crippen molar-refractivity contribution in [3.63, 3.8) is 0 Å². The summed E-state index contributed by atoms with van der Waals surface area (Å²) in [6, 6.07) is 23.6. The second kappa shape index (κ2) is 11.9. The van der Waals surface area contributed by atoms with Crippen molar-refractivity contribution in [2.45, 2.75) is 30.4 Å². The maximum absolute atomic E-state index is 12.5. The largest absolute Gasteiger partial charge is 0.462 e. The van der Waals surface area contributed by atoms with Crippen LogP contribution in [-0.4, -0.2) is 29.6 Å². The molecule has 3 aromatic rings. The van der Waals surface area contributed by atoms with E-state index in [9.17, 15) is 14.4 Å². The number of carbonyl (C=O) groups excluding carboxylic acids is 3. The smallest absolute Gasteiger partial charge is 0.338 e. The van der Waals surface area contributed by atoms with Crippen LogP contribution in [0.2, 0.25) is 0 Å². The molecule has 0 saturated carbocycles. The van der Waals surface area contributed by atoms with E-state index in [4.69, 9.17) is 4.74 Å². The van der Waals surface area contributed by atoms with E-state index >= 15 is 0 Å². The van der Waals surface area contributed by atoms with Gasteiger partial charge in [-0.2, -0.15) is 0 Å². The zero-order valence-corrected chi connectivity index (χ0v) is 19.4. The third kappa shape index (κ3) is 7.50. The molecule has 0 aromatic heterocycles. The number of hydrogen-bond acceptors (Lipinski definition) is 5. The van der Waals surface area contributed by atoms with Crippen LogP contribution in [0.5, 0.6) is 0 Å². The zero-order chi connectivity index (χ0) is 23.6. The first kappa shape index (κ1) is 24.1. The van der Waals surface area contributed by atoms with Gasteiger partial charge in [-0.25, -0.2) is 4.79 Å². The summed E-state index contributed by atoms with van der Waals surface area (Å²) >= 11 is 1.42. The molecule has 6 nitrogen and oxygen atoms in total. The summed E-state index contributed by atoms with van der Waals surface area (Å²) < 4.78 is 4.96. The Morgan fingerprint density at radius 3 is 2.09 bits per heavy atom. The Balaban J connectivity index is 1.49. The molecule has 0 spiro atoms. The average Bonchev–Trinajstić information content (AvgIpc) is 2.81. The van der Waals surface area contributed by atoms with Gasteiger partial charge in [0.1, 0.15) is 0 Å². The van der Waals surface area contributed by atoms with Crippen LogP contribution in [0.3, 0.4) is 0 Å². The van der Waals surface area contributed by atoms with Crippen LogP contribution in [0, 0.1) is 0 Å². The molecule has 2 N–H and O–H groups in total. The van der Waals surface area contributed by atoms with Gasteiger partial charge in [-0.3, -0.25) is 9.59 Å². The maximum Gasteiger partial charge on any atom is 0.338 e. The van der Waals surface area contributed by atoms with Crippen LogP contribution in [0.1, 0.15) is 29.8 Å². The van der Waals surface area contributed by atoms with Gasteiger partial charge in [0.2, 0.25) is 11.8 Å². The predicted octanol–water partition coefficient (Wildman–Crippen LogP) is 5.16. The molecule has 0 bridgehead atoms. The maximum atomic E-state index is 12.5. The zero-order valence-electron chi connectivity index (χ0n) is 18.5. The third-order valence-electron chi connectivity index (χ3n) is 4.69. The fraction of sp³-hybridized carbons (Fsp3) is 0.192. The van der Waals surface area contributed by atoms with Gasteiger partial charge >= 0.3 is 5.97 Å². The molecule has 0 aliphatic rings. The van der Waals surface area contributed by atoms with Crippen LogP contribution in [0.25, 0.3) is 0 Å². The number of benzene rings is 3. The molecule has 3 aromatic carbocycles. The Morgan fingerprint density at radius 1 is 0.848 bits per heavy atom.